The molecule has 0 fully saturated rings. The zero-order valence-electron chi connectivity index (χ0n) is 16.3. The highest BCUT2D eigenvalue weighted by atomic mass is 32.7. The molecule has 0 aliphatic rings. The maximum Gasteiger partial charge on any atom is 0.294 e. The fourth-order valence-electron chi connectivity index (χ4n) is 2.59. The van der Waals surface area contributed by atoms with E-state index in [9.17, 15) is 9.36 Å². The van der Waals surface area contributed by atoms with Crippen LogP contribution in [0.5, 0.6) is 0 Å². The predicted molar refractivity (Wildman–Crippen MR) is 109 cm³/mol. The first-order chi connectivity index (χ1) is 11.5. The normalized spacial score (nSPS) is 13.7. The predicted octanol–water partition coefficient (Wildman–Crippen LogP) is 6.23. The highest BCUT2D eigenvalue weighted by Crippen LogP contribution is 2.57. The van der Waals surface area contributed by atoms with E-state index in [0.29, 0.717) is 6.42 Å². The van der Waals surface area contributed by atoms with Crippen molar-refractivity contribution in [1.82, 2.24) is 9.76 Å². The highest BCUT2D eigenvalue weighted by molar-refractivity contribution is 8.56. The van der Waals surface area contributed by atoms with Crippen LogP contribution in [-0.4, -0.2) is 30.4 Å². The molecule has 1 unspecified atom stereocenters. The van der Waals surface area contributed by atoms with Gasteiger partial charge in [-0.3, -0.25) is 14.0 Å². The van der Waals surface area contributed by atoms with E-state index >= 15 is 0 Å². The molecule has 4 nitrogen and oxygen atoms in total. The summed E-state index contributed by atoms with van der Waals surface area (Å²) in [6.07, 6.45) is 14.0. The Balaban J connectivity index is 3.79. The van der Waals surface area contributed by atoms with Crippen molar-refractivity contribution in [2.24, 2.45) is 0 Å². The molecule has 6 heteroatoms. The van der Waals surface area contributed by atoms with Crippen molar-refractivity contribution in [2.45, 2.75) is 90.9 Å². The molecule has 144 valence electrons. The van der Waals surface area contributed by atoms with Gasteiger partial charge in [0.1, 0.15) is 0 Å². The van der Waals surface area contributed by atoms with Crippen LogP contribution in [0.1, 0.15) is 90.9 Å². The number of hydrogen-bond donors (Lipinski definition) is 1. The van der Waals surface area contributed by atoms with Crippen LogP contribution >= 0.6 is 18.0 Å². The van der Waals surface area contributed by atoms with Crippen LogP contribution in [0.25, 0.3) is 0 Å². The second-order valence-corrected chi connectivity index (χ2v) is 11.4. The van der Waals surface area contributed by atoms with Gasteiger partial charge in [0, 0.05) is 19.2 Å². The van der Waals surface area contributed by atoms with E-state index in [1.165, 1.54) is 67.4 Å². The fourth-order valence-corrected chi connectivity index (χ4v) is 6.48. The molecule has 0 aliphatic heterocycles. The maximum atomic E-state index is 12.7. The molecule has 0 heterocycles. The summed E-state index contributed by atoms with van der Waals surface area (Å²) in [7, 11) is 3.34. The summed E-state index contributed by atoms with van der Waals surface area (Å²) in [5.41, 5.74) is 0. The number of rotatable bonds is 16. The lowest BCUT2D eigenvalue weighted by Gasteiger charge is -2.27. The topological polar surface area (TPSA) is 49.4 Å². The lowest BCUT2D eigenvalue weighted by atomic mass is 10.1. The molecule has 0 spiro atoms. The van der Waals surface area contributed by atoms with E-state index in [4.69, 9.17) is 0 Å². The van der Waals surface area contributed by atoms with Gasteiger partial charge in [0.25, 0.3) is 6.65 Å². The van der Waals surface area contributed by atoms with Crippen LogP contribution in [0.3, 0.4) is 0 Å². The number of carbonyl (C=O) groups excluding carboxylic acids is 1. The summed E-state index contributed by atoms with van der Waals surface area (Å²) >= 11 is 1.37. The third-order valence-electron chi connectivity index (χ3n) is 4.25. The monoisotopic (exact) mass is 378 g/mol. The summed E-state index contributed by atoms with van der Waals surface area (Å²) in [5.74, 6) is 0.796. The summed E-state index contributed by atoms with van der Waals surface area (Å²) in [6.45, 7) is 1.51. The minimum Gasteiger partial charge on any atom is -0.276 e. The van der Waals surface area contributed by atoms with Crippen molar-refractivity contribution in [3.8, 4) is 0 Å². The van der Waals surface area contributed by atoms with Crippen LogP contribution in [0, 0.1) is 0 Å². The van der Waals surface area contributed by atoms with E-state index in [-0.39, 0.29) is 5.91 Å². The number of amides is 1. The Labute approximate surface area is 154 Å². The van der Waals surface area contributed by atoms with E-state index in [1.807, 2.05) is 0 Å². The summed E-state index contributed by atoms with van der Waals surface area (Å²) in [5, 5.41) is 2.86. The van der Waals surface area contributed by atoms with Crippen LogP contribution in [-0.2, 0) is 9.36 Å². The van der Waals surface area contributed by atoms with Gasteiger partial charge in [0.15, 0.2) is 0 Å². The van der Waals surface area contributed by atoms with E-state index in [0.717, 1.165) is 25.0 Å². The lowest BCUT2D eigenvalue weighted by Crippen LogP contribution is -2.27. The van der Waals surface area contributed by atoms with Gasteiger partial charge in [-0.15, -0.1) is 0 Å². The Morgan fingerprint density at radius 3 is 1.88 bits per heavy atom. The number of hydrogen-bond acceptors (Lipinski definition) is 3. The van der Waals surface area contributed by atoms with Crippen molar-refractivity contribution < 1.29 is 9.36 Å². The summed E-state index contributed by atoms with van der Waals surface area (Å²) < 4.78 is 14.2. The van der Waals surface area contributed by atoms with Crippen molar-refractivity contribution >= 4 is 23.9 Å². The number of carbonyl (C=O) groups is 1. The Morgan fingerprint density at radius 1 is 0.917 bits per heavy atom. The molecule has 0 aromatic heterocycles. The molecule has 0 bridgehead atoms. The third-order valence-corrected chi connectivity index (χ3v) is 9.65. The quantitative estimate of drug-likeness (QED) is 0.256. The molecule has 0 saturated heterocycles. The zero-order chi connectivity index (χ0) is 18.3. The average Bonchev–Trinajstić information content (AvgIpc) is 2.60. The Kier molecular flexibility index (Phi) is 15.3. The first-order valence-electron chi connectivity index (χ1n) is 9.72. The standard InChI is InChI=1S/C18H39N2O2PS/c1-5-7-8-9-10-11-12-13-14-15-16-18(21)20(4)23(22,19-3)24-17-6-2/h5-17H2,1-4H3,(H,19,22). The Hall–Kier alpha value is 0.01000. The number of nitrogens with one attached hydrogen (secondary N) is 1. The van der Waals surface area contributed by atoms with Crippen molar-refractivity contribution in [3.05, 3.63) is 0 Å². The van der Waals surface area contributed by atoms with E-state index in [2.05, 4.69) is 18.9 Å². The summed E-state index contributed by atoms with van der Waals surface area (Å²) in [4.78, 5) is 12.2. The molecule has 0 aromatic carbocycles. The van der Waals surface area contributed by atoms with Crippen LogP contribution in [0.4, 0.5) is 0 Å². The minimum atomic E-state index is -2.79. The molecular formula is C18H39N2O2PS. The van der Waals surface area contributed by atoms with Crippen molar-refractivity contribution in [2.75, 3.05) is 19.8 Å². The zero-order valence-corrected chi connectivity index (χ0v) is 18.0. The molecule has 1 N–H and O–H groups in total. The van der Waals surface area contributed by atoms with E-state index < -0.39 is 6.65 Å². The SMILES string of the molecule is CCCCCCCCCCCCC(=O)N(C)P(=O)(NC)SCCC. The van der Waals surface area contributed by atoms with Gasteiger partial charge in [0.05, 0.1) is 0 Å². The second-order valence-electron chi connectivity index (χ2n) is 6.43. The van der Waals surface area contributed by atoms with Crippen molar-refractivity contribution in [3.63, 3.8) is 0 Å². The van der Waals surface area contributed by atoms with Gasteiger partial charge in [0.2, 0.25) is 5.91 Å². The molecule has 0 rings (SSSR count). The van der Waals surface area contributed by atoms with Gasteiger partial charge in [-0.25, -0.2) is 5.09 Å². The first kappa shape index (κ1) is 24.0. The Bertz CT molecular complexity index is 367. The fraction of sp³-hybridized carbons (Fsp3) is 0.944. The van der Waals surface area contributed by atoms with E-state index in [1.54, 1.807) is 14.1 Å². The largest absolute Gasteiger partial charge is 0.294 e. The van der Waals surface area contributed by atoms with Gasteiger partial charge >= 0.3 is 0 Å². The first-order valence-corrected chi connectivity index (χ1v) is 13.0. The van der Waals surface area contributed by atoms with Crippen LogP contribution < -0.4 is 5.09 Å². The maximum absolute atomic E-state index is 12.7. The molecule has 1 amide bonds. The Morgan fingerprint density at radius 2 is 1.42 bits per heavy atom. The number of unbranched alkanes of at least 4 members (excludes halogenated alkanes) is 9. The molecule has 0 saturated carbocycles. The molecular weight excluding hydrogens is 339 g/mol. The average molecular weight is 379 g/mol. The van der Waals surface area contributed by atoms with Gasteiger partial charge in [-0.1, -0.05) is 83.0 Å². The molecule has 0 aliphatic carbocycles. The van der Waals surface area contributed by atoms with Gasteiger partial charge in [-0.05, 0) is 19.9 Å². The highest BCUT2D eigenvalue weighted by Gasteiger charge is 2.29. The van der Waals surface area contributed by atoms with Gasteiger partial charge in [-0.2, -0.15) is 0 Å². The van der Waals surface area contributed by atoms with Crippen LogP contribution in [0.2, 0.25) is 0 Å². The molecule has 24 heavy (non-hydrogen) atoms. The van der Waals surface area contributed by atoms with Crippen LogP contribution in [0.15, 0.2) is 0 Å². The lowest BCUT2D eigenvalue weighted by molar-refractivity contribution is -0.125. The smallest absolute Gasteiger partial charge is 0.276 e. The molecule has 1 atom stereocenters. The van der Waals surface area contributed by atoms with Gasteiger partial charge < -0.3 is 0 Å². The minimum absolute atomic E-state index is 0.00384. The molecule has 0 radical (unpaired) electrons. The molecule has 0 aromatic rings. The van der Waals surface area contributed by atoms with Crippen molar-refractivity contribution in [1.29, 1.82) is 0 Å². The summed E-state index contributed by atoms with van der Waals surface area (Å²) in [6, 6.07) is 0. The number of nitrogens with zero attached hydrogens (tertiary/aromatic N) is 1. The third kappa shape index (κ3) is 10.8. The second kappa shape index (κ2) is 15.3.